The maximum absolute atomic E-state index is 13.0. The molecule has 1 aliphatic heterocycles. The molecule has 2 aromatic carbocycles. The van der Waals surface area contributed by atoms with Crippen molar-refractivity contribution in [1.82, 2.24) is 0 Å². The second-order valence-corrected chi connectivity index (χ2v) is 8.13. The van der Waals surface area contributed by atoms with Gasteiger partial charge in [-0.1, -0.05) is 30.9 Å². The fourth-order valence-electron chi connectivity index (χ4n) is 2.86. The molecule has 0 atom stereocenters. The second kappa shape index (κ2) is 9.84. The van der Waals surface area contributed by atoms with Crippen LogP contribution in [0.3, 0.4) is 0 Å². The average molecular weight is 474 g/mol. The summed E-state index contributed by atoms with van der Waals surface area (Å²) >= 11 is 6.47. The average Bonchev–Trinajstić information content (AvgIpc) is 3.06. The highest BCUT2D eigenvalue weighted by molar-refractivity contribution is 8.27. The largest absolute Gasteiger partial charge is 0.493 e. The van der Waals surface area contributed by atoms with Gasteiger partial charge in [-0.05, 0) is 48.0 Å². The van der Waals surface area contributed by atoms with Crippen molar-refractivity contribution in [2.45, 2.75) is 13.3 Å². The summed E-state index contributed by atoms with van der Waals surface area (Å²) in [5.41, 5.74) is 1.16. The van der Waals surface area contributed by atoms with E-state index in [0.717, 1.165) is 11.8 Å². The molecule has 0 bridgehead atoms. The van der Waals surface area contributed by atoms with E-state index in [4.69, 9.17) is 31.5 Å². The molecule has 0 aromatic heterocycles. The number of nitrogens with zero attached hydrogens (tertiary/aromatic N) is 1. The van der Waals surface area contributed by atoms with E-state index in [1.165, 1.54) is 43.4 Å². The first-order chi connectivity index (χ1) is 15.3. The third-order valence-electron chi connectivity index (χ3n) is 4.45. The number of carboxylic acids is 1. The minimum absolute atomic E-state index is 0.109. The van der Waals surface area contributed by atoms with Crippen LogP contribution in [-0.2, 0) is 9.59 Å². The smallest absolute Gasteiger partial charge is 0.335 e. The number of aromatic carboxylic acids is 1. The number of hydrogen-bond acceptors (Lipinski definition) is 8. The molecule has 2 aromatic rings. The Kier molecular flexibility index (Phi) is 7.16. The number of thioether (sulfide) groups is 1. The summed E-state index contributed by atoms with van der Waals surface area (Å²) in [5.74, 6) is -1.14. The molecule has 1 aliphatic rings. The molecular formula is C22H19NO7S2. The van der Waals surface area contributed by atoms with Crippen molar-refractivity contribution in [3.63, 3.8) is 0 Å². The second-order valence-electron chi connectivity index (χ2n) is 6.45. The van der Waals surface area contributed by atoms with Crippen molar-refractivity contribution in [2.75, 3.05) is 19.1 Å². The predicted molar refractivity (Wildman–Crippen MR) is 125 cm³/mol. The van der Waals surface area contributed by atoms with Gasteiger partial charge in [0.2, 0.25) is 5.75 Å². The van der Waals surface area contributed by atoms with Gasteiger partial charge in [-0.2, -0.15) is 0 Å². The Bertz CT molecular complexity index is 1100. The SMILES string of the molecule is CCC(=O)Oc1c(OC)cc(/C=C2/SC(=S)N(c3ccc(C(=O)O)cc3)C2=O)cc1OC. The highest BCUT2D eigenvalue weighted by atomic mass is 32.2. The molecule has 1 N–H and O–H groups in total. The van der Waals surface area contributed by atoms with Gasteiger partial charge in [-0.15, -0.1) is 0 Å². The molecule has 0 spiro atoms. The Morgan fingerprint density at radius 1 is 1.12 bits per heavy atom. The summed E-state index contributed by atoms with van der Waals surface area (Å²) in [6.45, 7) is 1.67. The normalized spacial score (nSPS) is 14.6. The highest BCUT2D eigenvalue weighted by Crippen LogP contribution is 2.41. The summed E-state index contributed by atoms with van der Waals surface area (Å²) in [6.07, 6.45) is 1.81. The summed E-state index contributed by atoms with van der Waals surface area (Å²) in [5, 5.41) is 9.05. The molecule has 0 aliphatic carbocycles. The topological polar surface area (TPSA) is 102 Å². The minimum Gasteiger partial charge on any atom is -0.493 e. The first kappa shape index (κ1) is 23.3. The van der Waals surface area contributed by atoms with Crippen LogP contribution in [0.1, 0.15) is 29.3 Å². The van der Waals surface area contributed by atoms with E-state index in [1.54, 1.807) is 25.1 Å². The fourth-order valence-corrected chi connectivity index (χ4v) is 4.16. The zero-order valence-corrected chi connectivity index (χ0v) is 19.0. The zero-order chi connectivity index (χ0) is 23.4. The van der Waals surface area contributed by atoms with E-state index in [-0.39, 0.29) is 35.1 Å². The molecule has 1 saturated heterocycles. The van der Waals surface area contributed by atoms with E-state index >= 15 is 0 Å². The Balaban J connectivity index is 1.94. The first-order valence-corrected chi connectivity index (χ1v) is 10.6. The third kappa shape index (κ3) is 4.76. The number of anilines is 1. The van der Waals surface area contributed by atoms with Gasteiger partial charge in [-0.25, -0.2) is 4.79 Å². The van der Waals surface area contributed by atoms with Crippen LogP contribution in [0.15, 0.2) is 41.3 Å². The van der Waals surface area contributed by atoms with Crippen LogP contribution in [0.25, 0.3) is 6.08 Å². The van der Waals surface area contributed by atoms with E-state index < -0.39 is 11.9 Å². The Morgan fingerprint density at radius 2 is 1.72 bits per heavy atom. The zero-order valence-electron chi connectivity index (χ0n) is 17.4. The molecule has 166 valence electrons. The van der Waals surface area contributed by atoms with Crippen LogP contribution < -0.4 is 19.1 Å². The number of amides is 1. The van der Waals surface area contributed by atoms with Gasteiger partial charge in [-0.3, -0.25) is 14.5 Å². The number of ether oxygens (including phenoxy) is 3. The molecule has 1 fully saturated rings. The van der Waals surface area contributed by atoms with Gasteiger partial charge < -0.3 is 19.3 Å². The van der Waals surface area contributed by atoms with Crippen LogP contribution in [0.5, 0.6) is 17.2 Å². The maximum atomic E-state index is 13.0. The lowest BCUT2D eigenvalue weighted by Crippen LogP contribution is -2.27. The van der Waals surface area contributed by atoms with Crippen LogP contribution in [0, 0.1) is 0 Å². The molecule has 0 unspecified atom stereocenters. The predicted octanol–water partition coefficient (Wildman–Crippen LogP) is 4.12. The molecule has 0 saturated carbocycles. The number of carbonyl (C=O) groups excluding carboxylic acids is 2. The van der Waals surface area contributed by atoms with E-state index in [9.17, 15) is 14.4 Å². The molecule has 3 rings (SSSR count). The molecule has 0 radical (unpaired) electrons. The number of esters is 1. The molecule has 8 nitrogen and oxygen atoms in total. The number of methoxy groups -OCH3 is 2. The van der Waals surface area contributed by atoms with Crippen molar-refractivity contribution < 1.29 is 33.7 Å². The van der Waals surface area contributed by atoms with Gasteiger partial charge in [0.05, 0.1) is 30.4 Å². The maximum Gasteiger partial charge on any atom is 0.335 e. The number of benzene rings is 2. The monoisotopic (exact) mass is 473 g/mol. The van der Waals surface area contributed by atoms with Crippen LogP contribution in [-0.4, -0.2) is 41.5 Å². The van der Waals surface area contributed by atoms with Crippen LogP contribution in [0.4, 0.5) is 5.69 Å². The number of hydrogen-bond donors (Lipinski definition) is 1. The lowest BCUT2D eigenvalue weighted by Gasteiger charge is -2.15. The summed E-state index contributed by atoms with van der Waals surface area (Å²) in [7, 11) is 2.87. The van der Waals surface area contributed by atoms with Crippen molar-refractivity contribution in [2.24, 2.45) is 0 Å². The van der Waals surface area contributed by atoms with Gasteiger partial charge in [0.15, 0.2) is 15.8 Å². The van der Waals surface area contributed by atoms with Crippen molar-refractivity contribution in [3.8, 4) is 17.2 Å². The van der Waals surface area contributed by atoms with Crippen LogP contribution >= 0.6 is 24.0 Å². The standard InChI is InChI=1S/C22H19NO7S2/c1-4-18(24)30-19-15(28-2)9-12(10-16(19)29-3)11-17-20(25)23(22(31)32-17)14-7-5-13(6-8-14)21(26)27/h5-11H,4H2,1-3H3,(H,26,27)/b17-11+. The van der Waals surface area contributed by atoms with Gasteiger partial charge >= 0.3 is 11.9 Å². The number of carboxylic acid groups (broad SMARTS) is 1. The number of rotatable bonds is 7. The highest BCUT2D eigenvalue weighted by Gasteiger charge is 2.33. The Labute approximate surface area is 193 Å². The minimum atomic E-state index is -1.06. The quantitative estimate of drug-likeness (QED) is 0.275. The Hall–Kier alpha value is -3.37. The van der Waals surface area contributed by atoms with Gasteiger partial charge in [0.25, 0.3) is 5.91 Å². The lowest BCUT2D eigenvalue weighted by molar-refractivity contribution is -0.134. The number of carbonyl (C=O) groups is 3. The summed E-state index contributed by atoms with van der Waals surface area (Å²) in [6, 6.07) is 9.11. The van der Waals surface area contributed by atoms with Crippen molar-refractivity contribution >= 4 is 57.9 Å². The lowest BCUT2D eigenvalue weighted by atomic mass is 10.1. The Morgan fingerprint density at radius 3 is 2.22 bits per heavy atom. The first-order valence-electron chi connectivity index (χ1n) is 9.37. The summed E-state index contributed by atoms with van der Waals surface area (Å²) < 4.78 is 16.3. The van der Waals surface area contributed by atoms with E-state index in [0.29, 0.717) is 20.5 Å². The van der Waals surface area contributed by atoms with Crippen LogP contribution in [0.2, 0.25) is 0 Å². The fraction of sp³-hybridized carbons (Fsp3) is 0.182. The third-order valence-corrected chi connectivity index (χ3v) is 5.75. The molecule has 32 heavy (non-hydrogen) atoms. The molecule has 1 amide bonds. The molecular weight excluding hydrogens is 454 g/mol. The van der Waals surface area contributed by atoms with Gasteiger partial charge in [0.1, 0.15) is 0 Å². The number of thiocarbonyl (C=S) groups is 1. The van der Waals surface area contributed by atoms with E-state index in [1.807, 2.05) is 0 Å². The van der Waals surface area contributed by atoms with Crippen molar-refractivity contribution in [3.05, 3.63) is 52.4 Å². The van der Waals surface area contributed by atoms with Gasteiger partial charge in [0, 0.05) is 6.42 Å². The van der Waals surface area contributed by atoms with E-state index in [2.05, 4.69) is 0 Å². The van der Waals surface area contributed by atoms with Crippen molar-refractivity contribution in [1.29, 1.82) is 0 Å². The molecule has 1 heterocycles. The summed E-state index contributed by atoms with van der Waals surface area (Å²) in [4.78, 5) is 37.5. The molecule has 10 heteroatoms.